The van der Waals surface area contributed by atoms with Crippen molar-refractivity contribution < 1.29 is 5.11 Å². The molecule has 1 aliphatic rings. The van der Waals surface area contributed by atoms with Gasteiger partial charge < -0.3 is 14.9 Å². The Hall–Kier alpha value is -1.24. The van der Waals surface area contributed by atoms with E-state index in [4.69, 9.17) is 0 Å². The molecule has 0 unspecified atom stereocenters. The van der Waals surface area contributed by atoms with Crippen molar-refractivity contribution in [1.82, 2.24) is 14.9 Å². The summed E-state index contributed by atoms with van der Waals surface area (Å²) in [4.78, 5) is 13.6. The summed E-state index contributed by atoms with van der Waals surface area (Å²) in [6.45, 7) is 4.45. The molecule has 1 atom stereocenters. The maximum atomic E-state index is 10.8. The lowest BCUT2D eigenvalue weighted by molar-refractivity contribution is 0.00537. The van der Waals surface area contributed by atoms with Crippen molar-refractivity contribution in [2.24, 2.45) is 0 Å². The zero-order chi connectivity index (χ0) is 15.7. The number of rotatable bonds is 3. The Labute approximate surface area is 135 Å². The van der Waals surface area contributed by atoms with Gasteiger partial charge in [0.2, 0.25) is 0 Å². The maximum absolute atomic E-state index is 10.8. The minimum atomic E-state index is -0.588. The number of hydrogen-bond donors (Lipinski definition) is 1. The van der Waals surface area contributed by atoms with E-state index < -0.39 is 5.60 Å². The average molecular weight is 320 g/mol. The average Bonchev–Trinajstić information content (AvgIpc) is 2.80. The Morgan fingerprint density at radius 3 is 2.91 bits per heavy atom. The number of thiophene rings is 1. The van der Waals surface area contributed by atoms with E-state index in [1.807, 2.05) is 21.0 Å². The van der Waals surface area contributed by atoms with Gasteiger partial charge in [0.25, 0.3) is 0 Å². The van der Waals surface area contributed by atoms with Gasteiger partial charge in [-0.25, -0.2) is 9.97 Å². The summed E-state index contributed by atoms with van der Waals surface area (Å²) in [6, 6.07) is 2.05. The molecule has 0 aliphatic carbocycles. The standard InChI is InChI=1S/C16H24N4OS/c1-12-17-13-5-10-22-14(13)15(18-12)20-8-4-6-16(21,7-9-20)11-19(2)3/h5,10,21H,4,6-9,11H2,1-3H3/t16-/m0/s1. The van der Waals surface area contributed by atoms with E-state index in [-0.39, 0.29) is 0 Å². The number of fused-ring (bicyclic) bond motifs is 1. The predicted octanol–water partition coefficient (Wildman–Crippen LogP) is 2.28. The molecule has 0 aromatic carbocycles. The van der Waals surface area contributed by atoms with Crippen molar-refractivity contribution in [3.8, 4) is 0 Å². The van der Waals surface area contributed by atoms with Crippen LogP contribution in [0.25, 0.3) is 10.2 Å². The summed E-state index contributed by atoms with van der Waals surface area (Å²) >= 11 is 1.70. The van der Waals surface area contributed by atoms with Crippen LogP contribution in [0.1, 0.15) is 25.1 Å². The topological polar surface area (TPSA) is 52.5 Å². The molecule has 0 spiro atoms. The van der Waals surface area contributed by atoms with Crippen LogP contribution in [0, 0.1) is 6.92 Å². The molecule has 0 bridgehead atoms. The number of aliphatic hydroxyl groups is 1. The smallest absolute Gasteiger partial charge is 0.150 e. The van der Waals surface area contributed by atoms with Crippen LogP contribution < -0.4 is 4.90 Å². The van der Waals surface area contributed by atoms with Crippen molar-refractivity contribution in [2.45, 2.75) is 31.8 Å². The van der Waals surface area contributed by atoms with Crippen LogP contribution in [0.3, 0.4) is 0 Å². The van der Waals surface area contributed by atoms with Crippen LogP contribution in [0.4, 0.5) is 5.82 Å². The van der Waals surface area contributed by atoms with Gasteiger partial charge in [-0.1, -0.05) is 0 Å². The summed E-state index contributed by atoms with van der Waals surface area (Å²) in [5, 5.41) is 12.9. The Kier molecular flexibility index (Phi) is 4.34. The molecular formula is C16H24N4OS. The highest BCUT2D eigenvalue weighted by Gasteiger charge is 2.31. The third-order valence-corrected chi connectivity index (χ3v) is 5.12. The maximum Gasteiger partial charge on any atom is 0.150 e. The van der Waals surface area contributed by atoms with E-state index in [2.05, 4.69) is 31.2 Å². The Morgan fingerprint density at radius 1 is 1.32 bits per heavy atom. The molecule has 2 aromatic rings. The molecule has 120 valence electrons. The van der Waals surface area contributed by atoms with Crippen molar-refractivity contribution >= 4 is 27.4 Å². The third-order valence-electron chi connectivity index (χ3n) is 4.22. The Morgan fingerprint density at radius 2 is 2.14 bits per heavy atom. The number of aromatic nitrogens is 2. The molecule has 2 aromatic heterocycles. The highest BCUT2D eigenvalue weighted by Crippen LogP contribution is 2.32. The molecule has 6 heteroatoms. The van der Waals surface area contributed by atoms with Crippen LogP contribution in [0.5, 0.6) is 0 Å². The molecular weight excluding hydrogens is 296 g/mol. The second-order valence-corrected chi connectivity index (χ2v) is 7.45. The summed E-state index contributed by atoms with van der Waals surface area (Å²) in [5.74, 6) is 1.85. The van der Waals surface area contributed by atoms with E-state index in [1.165, 1.54) is 0 Å². The molecule has 3 rings (SSSR count). The third kappa shape index (κ3) is 3.24. The first-order chi connectivity index (χ1) is 10.5. The highest BCUT2D eigenvalue weighted by atomic mass is 32.1. The molecule has 1 saturated heterocycles. The Balaban J connectivity index is 1.85. The molecule has 1 N–H and O–H groups in total. The van der Waals surface area contributed by atoms with Gasteiger partial charge >= 0.3 is 0 Å². The van der Waals surface area contributed by atoms with Gasteiger partial charge in [-0.2, -0.15) is 0 Å². The van der Waals surface area contributed by atoms with Gasteiger partial charge in [0.15, 0.2) is 0 Å². The lowest BCUT2D eigenvalue weighted by atomic mass is 9.94. The first kappa shape index (κ1) is 15.6. The van der Waals surface area contributed by atoms with Crippen LogP contribution in [0.15, 0.2) is 11.4 Å². The zero-order valence-electron chi connectivity index (χ0n) is 13.5. The number of nitrogens with zero attached hydrogens (tertiary/aromatic N) is 4. The number of aryl methyl sites for hydroxylation is 1. The van der Waals surface area contributed by atoms with Crippen LogP contribution in [-0.2, 0) is 0 Å². The van der Waals surface area contributed by atoms with E-state index in [0.717, 1.165) is 60.8 Å². The molecule has 3 heterocycles. The summed E-state index contributed by atoms with van der Waals surface area (Å²) in [6.07, 6.45) is 2.61. The second-order valence-electron chi connectivity index (χ2n) is 6.53. The second kappa shape index (κ2) is 6.10. The van der Waals surface area contributed by atoms with Crippen molar-refractivity contribution in [3.63, 3.8) is 0 Å². The number of hydrogen-bond acceptors (Lipinski definition) is 6. The van der Waals surface area contributed by atoms with Gasteiger partial charge in [0.1, 0.15) is 11.6 Å². The van der Waals surface area contributed by atoms with Crippen LogP contribution in [-0.4, -0.2) is 59.3 Å². The number of likely N-dealkylation sites (N-methyl/N-ethyl adjacent to an activating group) is 1. The molecule has 1 aliphatic heterocycles. The minimum Gasteiger partial charge on any atom is -0.388 e. The summed E-state index contributed by atoms with van der Waals surface area (Å²) in [7, 11) is 4.03. The van der Waals surface area contributed by atoms with E-state index >= 15 is 0 Å². The highest BCUT2D eigenvalue weighted by molar-refractivity contribution is 7.17. The van der Waals surface area contributed by atoms with Gasteiger partial charge in [-0.05, 0) is 51.7 Å². The van der Waals surface area contributed by atoms with Crippen LogP contribution >= 0.6 is 11.3 Å². The minimum absolute atomic E-state index is 0.588. The van der Waals surface area contributed by atoms with Gasteiger partial charge in [-0.3, -0.25) is 0 Å². The fourth-order valence-electron chi connectivity index (χ4n) is 3.31. The van der Waals surface area contributed by atoms with Gasteiger partial charge in [-0.15, -0.1) is 11.3 Å². The predicted molar refractivity (Wildman–Crippen MR) is 91.7 cm³/mol. The van der Waals surface area contributed by atoms with E-state index in [0.29, 0.717) is 0 Å². The van der Waals surface area contributed by atoms with Crippen molar-refractivity contribution in [1.29, 1.82) is 0 Å². The van der Waals surface area contributed by atoms with E-state index in [1.54, 1.807) is 11.3 Å². The largest absolute Gasteiger partial charge is 0.388 e. The fraction of sp³-hybridized carbons (Fsp3) is 0.625. The zero-order valence-corrected chi connectivity index (χ0v) is 14.4. The lowest BCUT2D eigenvalue weighted by Gasteiger charge is -2.30. The molecule has 0 saturated carbocycles. The fourth-order valence-corrected chi connectivity index (χ4v) is 4.16. The molecule has 1 fully saturated rings. The number of anilines is 1. The molecule has 0 radical (unpaired) electrons. The SMILES string of the molecule is Cc1nc(N2CCC[C@@](O)(CN(C)C)CC2)c2sccc2n1. The van der Waals surface area contributed by atoms with Crippen molar-refractivity contribution in [3.05, 3.63) is 17.3 Å². The molecule has 5 nitrogen and oxygen atoms in total. The van der Waals surface area contributed by atoms with Crippen LogP contribution in [0.2, 0.25) is 0 Å². The monoisotopic (exact) mass is 320 g/mol. The Bertz CT molecular complexity index is 657. The molecule has 22 heavy (non-hydrogen) atoms. The van der Waals surface area contributed by atoms with E-state index in [9.17, 15) is 5.11 Å². The first-order valence-electron chi connectivity index (χ1n) is 7.81. The van der Waals surface area contributed by atoms with Gasteiger partial charge in [0.05, 0.1) is 15.8 Å². The summed E-state index contributed by atoms with van der Waals surface area (Å²) < 4.78 is 1.16. The molecule has 0 amide bonds. The van der Waals surface area contributed by atoms with Gasteiger partial charge in [0, 0.05) is 19.6 Å². The first-order valence-corrected chi connectivity index (χ1v) is 8.69. The quantitative estimate of drug-likeness (QED) is 0.940. The van der Waals surface area contributed by atoms with Crippen molar-refractivity contribution in [2.75, 3.05) is 38.6 Å². The summed E-state index contributed by atoms with van der Waals surface area (Å²) in [5.41, 5.74) is 0.440. The lowest BCUT2D eigenvalue weighted by Crippen LogP contribution is -2.41. The normalized spacial score (nSPS) is 23.2.